The molecular weight excluding hydrogens is 110 g/mol. The van der Waals surface area contributed by atoms with E-state index in [1.165, 1.54) is 0 Å². The quantitative estimate of drug-likeness (QED) is 0.478. The topological polar surface area (TPSA) is 12.9 Å². The van der Waals surface area contributed by atoms with Crippen molar-refractivity contribution in [3.8, 4) is 0 Å². The standard InChI is InChI=1S/C8H9N/c1-3-8-6-9-5-4-7(8)2/h3-6H,2H2,1H3. The predicted molar refractivity (Wildman–Crippen MR) is 39.1 cm³/mol. The lowest BCUT2D eigenvalue weighted by Gasteiger charge is -1.82. The minimum Gasteiger partial charge on any atom is -0.264 e. The van der Waals surface area contributed by atoms with Gasteiger partial charge in [0.15, 0.2) is 0 Å². The predicted octanol–water partition coefficient (Wildman–Crippen LogP) is 0.292. The van der Waals surface area contributed by atoms with Crippen LogP contribution in [-0.4, -0.2) is 4.98 Å². The third kappa shape index (κ3) is 1.17. The van der Waals surface area contributed by atoms with Gasteiger partial charge in [0.25, 0.3) is 0 Å². The van der Waals surface area contributed by atoms with Crippen molar-refractivity contribution in [3.05, 3.63) is 28.9 Å². The molecule has 1 heteroatoms. The minimum absolute atomic E-state index is 1.03. The molecule has 0 N–H and O–H groups in total. The molecule has 0 bridgehead atoms. The van der Waals surface area contributed by atoms with E-state index in [0.29, 0.717) is 0 Å². The van der Waals surface area contributed by atoms with E-state index in [0.717, 1.165) is 10.4 Å². The van der Waals surface area contributed by atoms with Crippen molar-refractivity contribution in [2.45, 2.75) is 6.92 Å². The molecule has 0 aliphatic rings. The number of aromatic nitrogens is 1. The summed E-state index contributed by atoms with van der Waals surface area (Å²) in [5.41, 5.74) is 0. The zero-order chi connectivity index (χ0) is 6.69. The van der Waals surface area contributed by atoms with E-state index < -0.39 is 0 Å². The second kappa shape index (κ2) is 2.44. The SMILES string of the molecule is C=c1ccncc1=CC. The lowest BCUT2D eigenvalue weighted by molar-refractivity contribution is 1.27. The lowest BCUT2D eigenvalue weighted by atomic mass is 10.3. The van der Waals surface area contributed by atoms with Crippen LogP contribution in [0.1, 0.15) is 6.92 Å². The number of hydrogen-bond donors (Lipinski definition) is 0. The van der Waals surface area contributed by atoms with Crippen LogP contribution in [0.25, 0.3) is 12.7 Å². The molecule has 0 unspecified atom stereocenters. The Balaban J connectivity index is 3.53. The van der Waals surface area contributed by atoms with Crippen LogP contribution in [0.4, 0.5) is 0 Å². The molecule has 0 fully saturated rings. The fourth-order valence-electron chi connectivity index (χ4n) is 0.695. The zero-order valence-electron chi connectivity index (χ0n) is 5.46. The number of hydrogen-bond acceptors (Lipinski definition) is 1. The van der Waals surface area contributed by atoms with Crippen molar-refractivity contribution in [2.75, 3.05) is 0 Å². The first-order valence-corrected chi connectivity index (χ1v) is 2.90. The minimum atomic E-state index is 1.03. The average molecular weight is 119 g/mol. The molecule has 1 heterocycles. The number of rotatable bonds is 0. The Morgan fingerprint density at radius 1 is 1.67 bits per heavy atom. The van der Waals surface area contributed by atoms with Gasteiger partial charge in [0.05, 0.1) is 0 Å². The summed E-state index contributed by atoms with van der Waals surface area (Å²) in [6.07, 6.45) is 5.55. The molecule has 0 saturated carbocycles. The van der Waals surface area contributed by atoms with Gasteiger partial charge in [0, 0.05) is 12.4 Å². The third-order valence-corrected chi connectivity index (χ3v) is 1.26. The Hall–Kier alpha value is -1.11. The summed E-state index contributed by atoms with van der Waals surface area (Å²) in [5, 5.41) is 2.14. The smallest absolute Gasteiger partial charge is 0.0342 e. The Morgan fingerprint density at radius 3 is 2.89 bits per heavy atom. The van der Waals surface area contributed by atoms with Gasteiger partial charge in [0.1, 0.15) is 0 Å². The summed E-state index contributed by atoms with van der Waals surface area (Å²) in [6, 6.07) is 1.90. The van der Waals surface area contributed by atoms with E-state index in [4.69, 9.17) is 0 Å². The second-order valence-corrected chi connectivity index (χ2v) is 1.86. The van der Waals surface area contributed by atoms with Gasteiger partial charge in [-0.15, -0.1) is 0 Å². The Labute approximate surface area is 54.4 Å². The van der Waals surface area contributed by atoms with Crippen LogP contribution < -0.4 is 10.4 Å². The highest BCUT2D eigenvalue weighted by atomic mass is 14.6. The second-order valence-electron chi connectivity index (χ2n) is 1.86. The summed E-state index contributed by atoms with van der Waals surface area (Å²) in [5.74, 6) is 0. The fraction of sp³-hybridized carbons (Fsp3) is 0.125. The van der Waals surface area contributed by atoms with Gasteiger partial charge < -0.3 is 0 Å². The van der Waals surface area contributed by atoms with E-state index in [2.05, 4.69) is 11.6 Å². The molecule has 1 aromatic heterocycles. The van der Waals surface area contributed by atoms with Gasteiger partial charge in [-0.2, -0.15) is 0 Å². The molecule has 0 amide bonds. The molecular formula is C8H9N. The van der Waals surface area contributed by atoms with Crippen LogP contribution in [0.3, 0.4) is 0 Å². The Kier molecular flexibility index (Phi) is 1.63. The number of pyridine rings is 1. The Morgan fingerprint density at radius 2 is 2.44 bits per heavy atom. The largest absolute Gasteiger partial charge is 0.264 e. The average Bonchev–Trinajstić information content (AvgIpc) is 1.89. The maximum Gasteiger partial charge on any atom is 0.0342 e. The molecule has 0 aromatic carbocycles. The first kappa shape index (κ1) is 6.02. The molecule has 1 aromatic rings. The molecule has 1 rings (SSSR count). The van der Waals surface area contributed by atoms with Crippen LogP contribution in [-0.2, 0) is 0 Å². The fourth-order valence-corrected chi connectivity index (χ4v) is 0.695. The lowest BCUT2D eigenvalue weighted by Crippen LogP contribution is -2.22. The van der Waals surface area contributed by atoms with Crippen molar-refractivity contribution >= 4 is 12.7 Å². The highest BCUT2D eigenvalue weighted by Crippen LogP contribution is 1.61. The van der Waals surface area contributed by atoms with Crippen molar-refractivity contribution in [1.82, 2.24) is 4.98 Å². The molecule has 1 nitrogen and oxygen atoms in total. The van der Waals surface area contributed by atoms with Gasteiger partial charge >= 0.3 is 0 Å². The molecule has 0 radical (unpaired) electrons. The van der Waals surface area contributed by atoms with Crippen molar-refractivity contribution in [2.24, 2.45) is 0 Å². The summed E-state index contributed by atoms with van der Waals surface area (Å²) < 4.78 is 0. The highest BCUT2D eigenvalue weighted by Gasteiger charge is 1.75. The summed E-state index contributed by atoms with van der Waals surface area (Å²) in [7, 11) is 0. The summed E-state index contributed by atoms with van der Waals surface area (Å²) in [6.45, 7) is 5.80. The molecule has 0 saturated heterocycles. The van der Waals surface area contributed by atoms with E-state index in [1.807, 2.05) is 25.3 Å². The molecule has 9 heavy (non-hydrogen) atoms. The highest BCUT2D eigenvalue weighted by molar-refractivity contribution is 5.20. The molecule has 0 atom stereocenters. The van der Waals surface area contributed by atoms with Crippen LogP contribution in [0.15, 0.2) is 18.5 Å². The summed E-state index contributed by atoms with van der Waals surface area (Å²) in [4.78, 5) is 3.95. The molecule has 0 aliphatic heterocycles. The van der Waals surface area contributed by atoms with E-state index in [1.54, 1.807) is 6.20 Å². The van der Waals surface area contributed by atoms with E-state index >= 15 is 0 Å². The maximum atomic E-state index is 3.95. The molecule has 0 spiro atoms. The van der Waals surface area contributed by atoms with Gasteiger partial charge in [0.2, 0.25) is 0 Å². The third-order valence-electron chi connectivity index (χ3n) is 1.26. The zero-order valence-corrected chi connectivity index (χ0v) is 5.46. The van der Waals surface area contributed by atoms with Crippen molar-refractivity contribution in [1.29, 1.82) is 0 Å². The molecule has 0 aliphatic carbocycles. The van der Waals surface area contributed by atoms with Crippen LogP contribution in [0.2, 0.25) is 0 Å². The van der Waals surface area contributed by atoms with Crippen LogP contribution in [0.5, 0.6) is 0 Å². The van der Waals surface area contributed by atoms with Gasteiger partial charge in [-0.1, -0.05) is 12.7 Å². The van der Waals surface area contributed by atoms with Crippen molar-refractivity contribution in [3.63, 3.8) is 0 Å². The van der Waals surface area contributed by atoms with Crippen LogP contribution in [0, 0.1) is 0 Å². The van der Waals surface area contributed by atoms with Crippen LogP contribution >= 0.6 is 0 Å². The number of nitrogens with zero attached hydrogens (tertiary/aromatic N) is 1. The first-order chi connectivity index (χ1) is 4.34. The van der Waals surface area contributed by atoms with E-state index in [-0.39, 0.29) is 0 Å². The normalized spacial score (nSPS) is 11.9. The summed E-state index contributed by atoms with van der Waals surface area (Å²) >= 11 is 0. The maximum absolute atomic E-state index is 3.95. The van der Waals surface area contributed by atoms with Gasteiger partial charge in [-0.05, 0) is 23.4 Å². The Bertz CT molecular complexity index is 288. The molecule has 46 valence electrons. The monoisotopic (exact) mass is 119 g/mol. The van der Waals surface area contributed by atoms with Crippen molar-refractivity contribution < 1.29 is 0 Å². The first-order valence-electron chi connectivity index (χ1n) is 2.90. The van der Waals surface area contributed by atoms with Gasteiger partial charge in [-0.25, -0.2) is 0 Å². The van der Waals surface area contributed by atoms with E-state index in [9.17, 15) is 0 Å². The van der Waals surface area contributed by atoms with Gasteiger partial charge in [-0.3, -0.25) is 4.98 Å².